The van der Waals surface area contributed by atoms with Gasteiger partial charge in [0, 0.05) is 5.56 Å². The van der Waals surface area contributed by atoms with Crippen LogP contribution in [0.1, 0.15) is 30.5 Å². The summed E-state index contributed by atoms with van der Waals surface area (Å²) < 4.78 is 5.37. The van der Waals surface area contributed by atoms with Gasteiger partial charge in [-0.05, 0) is 26.5 Å². The number of ether oxygens (including phenoxy) is 1. The van der Waals surface area contributed by atoms with E-state index in [1.807, 2.05) is 33.0 Å². The molecule has 1 N–H and O–H groups in total. The number of nitriles is 1. The molecule has 0 heterocycles. The van der Waals surface area contributed by atoms with E-state index in [9.17, 15) is 5.26 Å². The molecule has 1 aromatic carbocycles. The summed E-state index contributed by atoms with van der Waals surface area (Å²) in [7, 11) is 3.54. The van der Waals surface area contributed by atoms with Gasteiger partial charge in [-0.15, -0.1) is 0 Å². The van der Waals surface area contributed by atoms with Gasteiger partial charge in [0.1, 0.15) is 5.75 Å². The highest BCUT2D eigenvalue weighted by Gasteiger charge is 2.23. The van der Waals surface area contributed by atoms with Crippen molar-refractivity contribution >= 4 is 0 Å². The van der Waals surface area contributed by atoms with Crippen LogP contribution in [0, 0.1) is 24.2 Å². The number of nitrogens with one attached hydrogen (secondary N) is 1. The molecular weight excluding hydrogens is 212 g/mol. The van der Waals surface area contributed by atoms with Crippen molar-refractivity contribution in [1.82, 2.24) is 5.32 Å². The molecule has 0 radical (unpaired) electrons. The molecule has 3 heteroatoms. The largest absolute Gasteiger partial charge is 0.496 e. The van der Waals surface area contributed by atoms with Gasteiger partial charge in [0.15, 0.2) is 0 Å². The highest BCUT2D eigenvalue weighted by Crippen LogP contribution is 2.31. The smallest absolute Gasteiger partial charge is 0.123 e. The first-order valence-electron chi connectivity index (χ1n) is 5.89. The second-order valence-electron chi connectivity index (χ2n) is 4.16. The lowest BCUT2D eigenvalue weighted by Gasteiger charge is -2.23. The van der Waals surface area contributed by atoms with Crippen molar-refractivity contribution in [2.75, 3.05) is 14.2 Å². The number of aryl methyl sites for hydroxylation is 1. The van der Waals surface area contributed by atoms with Gasteiger partial charge in [-0.25, -0.2) is 0 Å². The third-order valence-electron chi connectivity index (χ3n) is 3.04. The first-order chi connectivity index (χ1) is 8.17. The van der Waals surface area contributed by atoms with Crippen molar-refractivity contribution in [3.8, 4) is 11.8 Å². The van der Waals surface area contributed by atoms with Gasteiger partial charge in [-0.2, -0.15) is 5.26 Å². The molecule has 2 atom stereocenters. The predicted molar refractivity (Wildman–Crippen MR) is 68.9 cm³/mol. The molecule has 1 aromatic rings. The Kier molecular flexibility index (Phi) is 4.99. The number of hydrogen-bond donors (Lipinski definition) is 1. The number of hydrogen-bond acceptors (Lipinski definition) is 3. The van der Waals surface area contributed by atoms with Crippen LogP contribution in [-0.4, -0.2) is 14.2 Å². The first-order valence-corrected chi connectivity index (χ1v) is 5.89. The van der Waals surface area contributed by atoms with E-state index in [0.717, 1.165) is 17.7 Å². The minimum absolute atomic E-state index is 0.0137. The topological polar surface area (TPSA) is 45.0 Å². The molecule has 1 rings (SSSR count). The summed E-state index contributed by atoms with van der Waals surface area (Å²) in [4.78, 5) is 0. The maximum Gasteiger partial charge on any atom is 0.123 e. The van der Waals surface area contributed by atoms with Gasteiger partial charge in [-0.3, -0.25) is 0 Å². The highest BCUT2D eigenvalue weighted by atomic mass is 16.5. The zero-order valence-electron chi connectivity index (χ0n) is 10.9. The Balaban J connectivity index is 3.19. The zero-order chi connectivity index (χ0) is 12.8. The maximum atomic E-state index is 9.19. The van der Waals surface area contributed by atoms with Crippen LogP contribution in [0.2, 0.25) is 0 Å². The Morgan fingerprint density at radius 3 is 2.65 bits per heavy atom. The summed E-state index contributed by atoms with van der Waals surface area (Å²) in [6.07, 6.45) is 0.819. The minimum atomic E-state index is -0.0456. The van der Waals surface area contributed by atoms with Crippen LogP contribution in [-0.2, 0) is 0 Å². The quantitative estimate of drug-likeness (QED) is 0.849. The average molecular weight is 232 g/mol. The summed E-state index contributed by atoms with van der Waals surface area (Å²) >= 11 is 0. The summed E-state index contributed by atoms with van der Waals surface area (Å²) in [5.74, 6) is 0.791. The van der Waals surface area contributed by atoms with Gasteiger partial charge in [0.05, 0.1) is 25.1 Å². The lowest BCUT2D eigenvalue weighted by molar-refractivity contribution is 0.384. The number of methoxy groups -OCH3 is 1. The molecular formula is C14H20N2O. The number of nitrogens with zero attached hydrogens (tertiary/aromatic N) is 1. The molecule has 0 spiro atoms. The van der Waals surface area contributed by atoms with Crippen LogP contribution in [0.5, 0.6) is 5.75 Å². The molecule has 0 saturated carbocycles. The van der Waals surface area contributed by atoms with Gasteiger partial charge in [-0.1, -0.05) is 24.6 Å². The molecule has 0 saturated heterocycles. The van der Waals surface area contributed by atoms with Gasteiger partial charge in [0.2, 0.25) is 0 Å². The molecule has 0 bridgehead atoms. The van der Waals surface area contributed by atoms with Crippen molar-refractivity contribution in [2.24, 2.45) is 5.92 Å². The van der Waals surface area contributed by atoms with E-state index in [0.29, 0.717) is 0 Å². The van der Waals surface area contributed by atoms with Crippen molar-refractivity contribution < 1.29 is 4.74 Å². The fourth-order valence-electron chi connectivity index (χ4n) is 2.07. The second-order valence-corrected chi connectivity index (χ2v) is 4.16. The van der Waals surface area contributed by atoms with Crippen molar-refractivity contribution in [3.63, 3.8) is 0 Å². The van der Waals surface area contributed by atoms with Crippen molar-refractivity contribution in [1.29, 1.82) is 5.26 Å². The van der Waals surface area contributed by atoms with E-state index in [1.165, 1.54) is 5.56 Å². The Bertz CT molecular complexity index is 409. The lowest BCUT2D eigenvalue weighted by atomic mass is 9.90. The molecule has 0 aliphatic rings. The molecule has 0 fully saturated rings. The van der Waals surface area contributed by atoms with Crippen LogP contribution < -0.4 is 10.1 Å². The highest BCUT2D eigenvalue weighted by molar-refractivity contribution is 5.40. The van der Waals surface area contributed by atoms with E-state index in [-0.39, 0.29) is 12.0 Å². The van der Waals surface area contributed by atoms with E-state index >= 15 is 0 Å². The maximum absolute atomic E-state index is 9.19. The molecule has 0 amide bonds. The van der Waals surface area contributed by atoms with Crippen molar-refractivity contribution in [2.45, 2.75) is 26.3 Å². The fraction of sp³-hybridized carbons (Fsp3) is 0.500. The molecule has 2 unspecified atom stereocenters. The molecule has 17 heavy (non-hydrogen) atoms. The lowest BCUT2D eigenvalue weighted by Crippen LogP contribution is -2.24. The fourth-order valence-corrected chi connectivity index (χ4v) is 2.07. The molecule has 3 nitrogen and oxygen atoms in total. The molecule has 0 aromatic heterocycles. The normalized spacial score (nSPS) is 13.8. The van der Waals surface area contributed by atoms with E-state index in [4.69, 9.17) is 4.74 Å². The first kappa shape index (κ1) is 13.5. The van der Waals surface area contributed by atoms with E-state index < -0.39 is 0 Å². The van der Waals surface area contributed by atoms with E-state index in [2.05, 4.69) is 17.5 Å². The van der Waals surface area contributed by atoms with Gasteiger partial charge >= 0.3 is 0 Å². The summed E-state index contributed by atoms with van der Waals surface area (Å²) in [6.45, 7) is 4.07. The summed E-state index contributed by atoms with van der Waals surface area (Å²) in [5, 5.41) is 12.4. The van der Waals surface area contributed by atoms with Crippen LogP contribution in [0.15, 0.2) is 18.2 Å². The Hall–Kier alpha value is -1.53. The molecule has 0 aliphatic heterocycles. The summed E-state index contributed by atoms with van der Waals surface area (Å²) in [6, 6.07) is 8.42. The third-order valence-corrected chi connectivity index (χ3v) is 3.04. The van der Waals surface area contributed by atoms with Crippen LogP contribution in [0.3, 0.4) is 0 Å². The van der Waals surface area contributed by atoms with E-state index in [1.54, 1.807) is 7.11 Å². The number of rotatable bonds is 5. The third kappa shape index (κ3) is 2.98. The van der Waals surface area contributed by atoms with Crippen LogP contribution in [0.4, 0.5) is 0 Å². The Morgan fingerprint density at radius 2 is 2.18 bits per heavy atom. The minimum Gasteiger partial charge on any atom is -0.496 e. The standard InChI is InChI=1S/C14H20N2O/c1-5-11(9-15)14(16-3)12-8-10(2)6-7-13(12)17-4/h6-8,11,14,16H,5H2,1-4H3. The average Bonchev–Trinajstić information content (AvgIpc) is 2.35. The van der Waals surface area contributed by atoms with Gasteiger partial charge < -0.3 is 10.1 Å². The Morgan fingerprint density at radius 1 is 1.47 bits per heavy atom. The molecule has 0 aliphatic carbocycles. The number of benzene rings is 1. The summed E-state index contributed by atoms with van der Waals surface area (Å²) in [5.41, 5.74) is 2.23. The van der Waals surface area contributed by atoms with Crippen LogP contribution >= 0.6 is 0 Å². The van der Waals surface area contributed by atoms with Crippen molar-refractivity contribution in [3.05, 3.63) is 29.3 Å². The van der Waals surface area contributed by atoms with Crippen LogP contribution in [0.25, 0.3) is 0 Å². The monoisotopic (exact) mass is 232 g/mol. The Labute approximate surface area is 103 Å². The SMILES string of the molecule is CCC(C#N)C(NC)c1cc(C)ccc1OC. The molecule has 92 valence electrons. The zero-order valence-corrected chi connectivity index (χ0v) is 10.9. The second kappa shape index (κ2) is 6.27. The van der Waals surface area contributed by atoms with Gasteiger partial charge in [0.25, 0.3) is 0 Å². The predicted octanol–water partition coefficient (Wildman–Crippen LogP) is 2.81.